The summed E-state index contributed by atoms with van der Waals surface area (Å²) in [5.41, 5.74) is -0.963. The van der Waals surface area contributed by atoms with E-state index in [1.165, 1.54) is 0 Å². The summed E-state index contributed by atoms with van der Waals surface area (Å²) in [6, 6.07) is 0.861. The molecule has 2 heterocycles. The van der Waals surface area contributed by atoms with Crippen molar-refractivity contribution in [1.82, 2.24) is 9.97 Å². The van der Waals surface area contributed by atoms with E-state index in [0.717, 1.165) is 18.9 Å². The van der Waals surface area contributed by atoms with Crippen LogP contribution in [0.25, 0.3) is 0 Å². The van der Waals surface area contributed by atoms with Crippen molar-refractivity contribution < 1.29 is 17.9 Å². The minimum absolute atomic E-state index is 0.0239. The second kappa shape index (κ2) is 6.46. The van der Waals surface area contributed by atoms with Crippen molar-refractivity contribution in [3.05, 3.63) is 11.8 Å². The molecule has 0 spiro atoms. The van der Waals surface area contributed by atoms with Gasteiger partial charge in [-0.25, -0.2) is 4.98 Å². The quantitative estimate of drug-likeness (QED) is 0.876. The summed E-state index contributed by atoms with van der Waals surface area (Å²) in [5, 5.41) is 5.69. The maximum Gasteiger partial charge on any atom is 0.433 e. The first-order valence-corrected chi connectivity index (χ1v) is 6.93. The van der Waals surface area contributed by atoms with Gasteiger partial charge in [0, 0.05) is 25.3 Å². The molecule has 0 aliphatic carbocycles. The lowest BCUT2D eigenvalue weighted by Gasteiger charge is -2.15. The first kappa shape index (κ1) is 15.8. The molecule has 0 saturated carbocycles. The van der Waals surface area contributed by atoms with Gasteiger partial charge in [0.15, 0.2) is 5.69 Å². The number of rotatable bonds is 5. The van der Waals surface area contributed by atoms with Crippen LogP contribution in [0.4, 0.5) is 24.9 Å². The lowest BCUT2D eigenvalue weighted by atomic mass is 10.2. The van der Waals surface area contributed by atoms with Crippen molar-refractivity contribution in [2.75, 3.05) is 23.8 Å². The summed E-state index contributed by atoms with van der Waals surface area (Å²) in [4.78, 5) is 7.57. The van der Waals surface area contributed by atoms with Crippen molar-refractivity contribution in [2.45, 2.75) is 45.0 Å². The van der Waals surface area contributed by atoms with Gasteiger partial charge in [-0.3, -0.25) is 0 Å². The standard InChI is InChI=1S/C13H19F3N4O/c1-8(2)18-12-19-10(13(14,15)16)6-11(20-12)17-7-9-4-3-5-21-9/h6,8-9H,3-5,7H2,1-2H3,(H2,17,18,19,20)/t9-/m0/s1. The molecule has 0 radical (unpaired) electrons. The lowest BCUT2D eigenvalue weighted by molar-refractivity contribution is -0.141. The molecule has 118 valence electrons. The number of hydrogen-bond acceptors (Lipinski definition) is 5. The largest absolute Gasteiger partial charge is 0.433 e. The zero-order chi connectivity index (χ0) is 15.5. The molecule has 8 heteroatoms. The van der Waals surface area contributed by atoms with Gasteiger partial charge in [-0.15, -0.1) is 0 Å². The molecular formula is C13H19F3N4O. The summed E-state index contributed by atoms with van der Waals surface area (Å²) in [6.45, 7) is 4.76. The van der Waals surface area contributed by atoms with E-state index in [1.807, 2.05) is 13.8 Å². The molecule has 5 nitrogen and oxygen atoms in total. The Balaban J connectivity index is 2.13. The number of aromatic nitrogens is 2. The zero-order valence-corrected chi connectivity index (χ0v) is 12.0. The molecule has 21 heavy (non-hydrogen) atoms. The van der Waals surface area contributed by atoms with E-state index in [0.29, 0.717) is 13.2 Å². The van der Waals surface area contributed by atoms with Gasteiger partial charge in [0.25, 0.3) is 0 Å². The van der Waals surface area contributed by atoms with Crippen LogP contribution in [0.15, 0.2) is 6.07 Å². The van der Waals surface area contributed by atoms with Gasteiger partial charge in [0.1, 0.15) is 5.82 Å². The van der Waals surface area contributed by atoms with Crippen molar-refractivity contribution >= 4 is 11.8 Å². The summed E-state index contributed by atoms with van der Waals surface area (Å²) in [6.07, 6.45) is -2.60. The minimum atomic E-state index is -4.50. The predicted octanol–water partition coefficient (Wildman–Crippen LogP) is 2.91. The van der Waals surface area contributed by atoms with Gasteiger partial charge in [-0.2, -0.15) is 18.2 Å². The predicted molar refractivity (Wildman–Crippen MR) is 73.3 cm³/mol. The van der Waals surface area contributed by atoms with E-state index in [2.05, 4.69) is 20.6 Å². The minimum Gasteiger partial charge on any atom is -0.376 e. The zero-order valence-electron chi connectivity index (χ0n) is 12.0. The third-order valence-electron chi connectivity index (χ3n) is 2.97. The van der Waals surface area contributed by atoms with Crippen LogP contribution in [0.1, 0.15) is 32.4 Å². The van der Waals surface area contributed by atoms with Crippen LogP contribution in [0, 0.1) is 0 Å². The highest BCUT2D eigenvalue weighted by Gasteiger charge is 2.34. The van der Waals surface area contributed by atoms with E-state index >= 15 is 0 Å². The molecule has 1 aromatic rings. The maximum atomic E-state index is 12.9. The monoisotopic (exact) mass is 304 g/mol. The molecule has 0 unspecified atom stereocenters. The van der Waals surface area contributed by atoms with Gasteiger partial charge in [-0.1, -0.05) is 0 Å². The normalized spacial score (nSPS) is 19.0. The fourth-order valence-electron chi connectivity index (χ4n) is 2.03. The van der Waals surface area contributed by atoms with Gasteiger partial charge in [0.2, 0.25) is 5.95 Å². The van der Waals surface area contributed by atoms with Gasteiger partial charge in [-0.05, 0) is 26.7 Å². The van der Waals surface area contributed by atoms with Crippen LogP contribution in [-0.4, -0.2) is 35.3 Å². The molecule has 0 bridgehead atoms. The Morgan fingerprint density at radius 1 is 1.38 bits per heavy atom. The Bertz CT molecular complexity index is 473. The van der Waals surface area contributed by atoms with Crippen LogP contribution in [-0.2, 0) is 10.9 Å². The fourth-order valence-corrected chi connectivity index (χ4v) is 2.03. The average molecular weight is 304 g/mol. The van der Waals surface area contributed by atoms with Crippen LogP contribution >= 0.6 is 0 Å². The highest BCUT2D eigenvalue weighted by Crippen LogP contribution is 2.29. The molecule has 1 aliphatic rings. The van der Waals surface area contributed by atoms with Crippen LogP contribution in [0.2, 0.25) is 0 Å². The Hall–Kier alpha value is -1.57. The Labute approximate surface area is 121 Å². The molecule has 2 rings (SSSR count). The third-order valence-corrected chi connectivity index (χ3v) is 2.97. The average Bonchev–Trinajstić information content (AvgIpc) is 2.87. The topological polar surface area (TPSA) is 59.1 Å². The molecule has 0 aromatic carbocycles. The summed E-state index contributed by atoms with van der Waals surface area (Å²) in [7, 11) is 0. The van der Waals surface area contributed by atoms with Gasteiger partial charge < -0.3 is 15.4 Å². The number of nitrogens with one attached hydrogen (secondary N) is 2. The molecule has 0 amide bonds. The van der Waals surface area contributed by atoms with E-state index in [9.17, 15) is 13.2 Å². The summed E-state index contributed by atoms with van der Waals surface area (Å²) < 4.78 is 44.0. The number of anilines is 2. The van der Waals surface area contributed by atoms with Crippen molar-refractivity contribution in [1.29, 1.82) is 0 Å². The number of halogens is 3. The first-order valence-electron chi connectivity index (χ1n) is 6.93. The second-order valence-electron chi connectivity index (χ2n) is 5.27. The van der Waals surface area contributed by atoms with Crippen molar-refractivity contribution in [2.24, 2.45) is 0 Å². The molecule has 1 atom stereocenters. The number of hydrogen-bond donors (Lipinski definition) is 2. The smallest absolute Gasteiger partial charge is 0.376 e. The van der Waals surface area contributed by atoms with Crippen LogP contribution in [0.3, 0.4) is 0 Å². The van der Waals surface area contributed by atoms with Gasteiger partial charge in [0.05, 0.1) is 6.10 Å². The van der Waals surface area contributed by atoms with Crippen LogP contribution < -0.4 is 10.6 Å². The highest BCUT2D eigenvalue weighted by atomic mass is 19.4. The maximum absolute atomic E-state index is 12.9. The van der Waals surface area contributed by atoms with Crippen molar-refractivity contribution in [3.63, 3.8) is 0 Å². The molecule has 1 aromatic heterocycles. The van der Waals surface area contributed by atoms with E-state index < -0.39 is 11.9 Å². The van der Waals surface area contributed by atoms with E-state index in [4.69, 9.17) is 4.74 Å². The lowest BCUT2D eigenvalue weighted by Crippen LogP contribution is -2.21. The SMILES string of the molecule is CC(C)Nc1nc(NC[C@@H]2CCCO2)cc(C(F)(F)F)n1. The van der Waals surface area contributed by atoms with Gasteiger partial charge >= 0.3 is 6.18 Å². The third kappa shape index (κ3) is 4.73. The fraction of sp³-hybridized carbons (Fsp3) is 0.692. The molecule has 1 fully saturated rings. The van der Waals surface area contributed by atoms with E-state index in [1.54, 1.807) is 0 Å². The summed E-state index contributed by atoms with van der Waals surface area (Å²) in [5.74, 6) is 0.116. The Morgan fingerprint density at radius 2 is 2.14 bits per heavy atom. The second-order valence-corrected chi connectivity index (χ2v) is 5.27. The van der Waals surface area contributed by atoms with E-state index in [-0.39, 0.29) is 23.9 Å². The highest BCUT2D eigenvalue weighted by molar-refractivity contribution is 5.43. The van der Waals surface area contributed by atoms with Crippen molar-refractivity contribution in [3.8, 4) is 0 Å². The number of alkyl halides is 3. The Morgan fingerprint density at radius 3 is 2.71 bits per heavy atom. The summed E-state index contributed by atoms with van der Waals surface area (Å²) >= 11 is 0. The molecule has 1 aliphatic heterocycles. The molecule has 2 N–H and O–H groups in total. The Kier molecular flexibility index (Phi) is 4.87. The molecular weight excluding hydrogens is 285 g/mol. The number of nitrogens with zero attached hydrogens (tertiary/aromatic N) is 2. The first-order chi connectivity index (χ1) is 9.84. The number of ether oxygens (including phenoxy) is 1. The van der Waals surface area contributed by atoms with Crippen LogP contribution in [0.5, 0.6) is 0 Å². The molecule has 1 saturated heterocycles.